The molecule has 4 aromatic rings. The second-order valence-corrected chi connectivity index (χ2v) is 10.4. The van der Waals surface area contributed by atoms with Gasteiger partial charge >= 0.3 is 0 Å². The Labute approximate surface area is 206 Å². The number of aromatic nitrogens is 4. The molecular weight excluding hydrogens is 436 g/mol. The third kappa shape index (κ3) is 3.95. The summed E-state index contributed by atoms with van der Waals surface area (Å²) in [5.74, 6) is 0.368. The minimum atomic E-state index is -0.756. The summed E-state index contributed by atoms with van der Waals surface area (Å²) in [6, 6.07) is 14.9. The van der Waals surface area contributed by atoms with Crippen molar-refractivity contribution >= 4 is 10.9 Å². The van der Waals surface area contributed by atoms with Crippen molar-refractivity contribution in [2.24, 2.45) is 5.92 Å². The Morgan fingerprint density at radius 1 is 1.11 bits per heavy atom. The van der Waals surface area contributed by atoms with Crippen molar-refractivity contribution in [3.63, 3.8) is 0 Å². The molecule has 3 aromatic heterocycles. The van der Waals surface area contributed by atoms with Gasteiger partial charge in [0, 0.05) is 42.2 Å². The van der Waals surface area contributed by atoms with Crippen LogP contribution in [0.25, 0.3) is 16.6 Å². The van der Waals surface area contributed by atoms with E-state index in [0.717, 1.165) is 67.2 Å². The minimum absolute atomic E-state index is 0.0624. The molecule has 1 saturated carbocycles. The molecule has 0 radical (unpaired) electrons. The van der Waals surface area contributed by atoms with E-state index in [1.807, 2.05) is 47.7 Å². The molecule has 2 aliphatic carbocycles. The lowest BCUT2D eigenvalue weighted by molar-refractivity contribution is -0.0899. The lowest BCUT2D eigenvalue weighted by Gasteiger charge is -2.50. The van der Waals surface area contributed by atoms with Gasteiger partial charge < -0.3 is 9.84 Å². The summed E-state index contributed by atoms with van der Waals surface area (Å²) in [7, 11) is 1.69. The number of methoxy groups -OCH3 is 1. The van der Waals surface area contributed by atoms with E-state index in [-0.39, 0.29) is 5.41 Å². The van der Waals surface area contributed by atoms with Crippen LogP contribution in [-0.2, 0) is 23.0 Å². The second-order valence-electron chi connectivity index (χ2n) is 10.4. The van der Waals surface area contributed by atoms with Crippen LogP contribution in [0.1, 0.15) is 48.9 Å². The average molecular weight is 469 g/mol. The number of hydrogen-bond donors (Lipinski definition) is 1. The van der Waals surface area contributed by atoms with E-state index in [1.165, 1.54) is 11.1 Å². The first kappa shape index (κ1) is 22.4. The van der Waals surface area contributed by atoms with Crippen LogP contribution in [0.3, 0.4) is 0 Å². The van der Waals surface area contributed by atoms with E-state index >= 15 is 0 Å². The molecule has 180 valence electrons. The van der Waals surface area contributed by atoms with Crippen LogP contribution in [0.15, 0.2) is 67.3 Å². The van der Waals surface area contributed by atoms with Gasteiger partial charge in [-0.05, 0) is 98.4 Å². The number of rotatable bonds is 5. The molecule has 35 heavy (non-hydrogen) atoms. The van der Waals surface area contributed by atoms with Crippen molar-refractivity contribution in [1.29, 1.82) is 0 Å². The van der Waals surface area contributed by atoms with Crippen LogP contribution in [0, 0.1) is 5.92 Å². The van der Waals surface area contributed by atoms with Crippen LogP contribution < -0.4 is 0 Å². The van der Waals surface area contributed by atoms with Crippen molar-refractivity contribution in [2.75, 3.05) is 13.7 Å². The molecule has 1 N–H and O–H groups in total. The number of benzene rings is 1. The lowest BCUT2D eigenvalue weighted by Crippen LogP contribution is -2.51. The predicted molar refractivity (Wildman–Crippen MR) is 136 cm³/mol. The zero-order chi connectivity index (χ0) is 23.9. The third-order valence-corrected chi connectivity index (χ3v) is 8.32. The molecule has 3 atom stereocenters. The summed E-state index contributed by atoms with van der Waals surface area (Å²) in [6.45, 7) is 0.397. The zero-order valence-corrected chi connectivity index (χ0v) is 20.2. The molecule has 0 aliphatic heterocycles. The molecule has 0 unspecified atom stereocenters. The predicted octanol–water partition coefficient (Wildman–Crippen LogP) is 4.81. The molecule has 6 rings (SSSR count). The highest BCUT2D eigenvalue weighted by Gasteiger charge is 2.51. The summed E-state index contributed by atoms with van der Waals surface area (Å²) in [5.41, 5.74) is 5.28. The maximum absolute atomic E-state index is 11.4. The average Bonchev–Trinajstić information content (AvgIpc) is 3.23. The van der Waals surface area contributed by atoms with Crippen molar-refractivity contribution < 1.29 is 9.84 Å². The number of nitrogens with zero attached hydrogens (tertiary/aromatic N) is 4. The largest absolute Gasteiger partial charge is 0.387 e. The van der Waals surface area contributed by atoms with Crippen molar-refractivity contribution in [3.05, 3.63) is 84.1 Å². The molecule has 1 aromatic carbocycles. The minimum Gasteiger partial charge on any atom is -0.387 e. The van der Waals surface area contributed by atoms with Crippen LogP contribution in [0.2, 0.25) is 0 Å². The molecule has 6 nitrogen and oxygen atoms in total. The number of aryl methyl sites for hydroxylation is 1. The summed E-state index contributed by atoms with van der Waals surface area (Å²) in [4.78, 5) is 8.89. The Morgan fingerprint density at radius 3 is 2.80 bits per heavy atom. The molecular formula is C29H32N4O2. The van der Waals surface area contributed by atoms with E-state index in [4.69, 9.17) is 14.8 Å². The molecule has 1 fully saturated rings. The fourth-order valence-electron chi connectivity index (χ4n) is 6.72. The van der Waals surface area contributed by atoms with Crippen molar-refractivity contribution in [1.82, 2.24) is 19.7 Å². The number of pyridine rings is 2. The molecule has 0 saturated heterocycles. The number of fused-ring (bicyclic) bond motifs is 4. The number of ether oxygens (including phenoxy) is 1. The molecule has 0 amide bonds. The SMILES string of the molecule is COC[C@]1(O)CC[C@]2(Cc3ccccn3)c3cc4cnn(-c5ccncc5)c4cc3CCC[C@@H]2C1. The molecule has 2 aliphatic rings. The first-order valence-electron chi connectivity index (χ1n) is 12.6. The molecule has 0 bridgehead atoms. The Hall–Kier alpha value is -3.09. The molecule has 3 heterocycles. The normalized spacial score (nSPS) is 26.2. The van der Waals surface area contributed by atoms with Gasteiger partial charge in [0.1, 0.15) is 0 Å². The van der Waals surface area contributed by atoms with Gasteiger partial charge in [0.25, 0.3) is 0 Å². The summed E-state index contributed by atoms with van der Waals surface area (Å²) in [5, 5.41) is 17.3. The van der Waals surface area contributed by atoms with Gasteiger partial charge in [-0.3, -0.25) is 9.97 Å². The summed E-state index contributed by atoms with van der Waals surface area (Å²) >= 11 is 0. The first-order valence-corrected chi connectivity index (χ1v) is 12.6. The fraction of sp³-hybridized carbons (Fsp3) is 0.414. The van der Waals surface area contributed by atoms with Gasteiger partial charge in [0.2, 0.25) is 0 Å². The van der Waals surface area contributed by atoms with Gasteiger partial charge in [-0.1, -0.05) is 6.07 Å². The Bertz CT molecular complexity index is 1320. The Kier molecular flexibility index (Phi) is 5.66. The quantitative estimate of drug-likeness (QED) is 0.455. The van der Waals surface area contributed by atoms with E-state index < -0.39 is 5.60 Å². The van der Waals surface area contributed by atoms with Gasteiger partial charge in [0.05, 0.1) is 29.6 Å². The smallest absolute Gasteiger partial charge is 0.0883 e. The summed E-state index contributed by atoms with van der Waals surface area (Å²) < 4.78 is 7.46. The van der Waals surface area contributed by atoms with E-state index in [2.05, 4.69) is 29.2 Å². The molecule has 6 heteroatoms. The Balaban J connectivity index is 1.50. The number of hydrogen-bond acceptors (Lipinski definition) is 5. The standard InChI is InChI=1S/C29H32N4O2/c1-35-20-28(34)10-11-29(18-24-7-2-3-12-31-24)23(17-28)6-4-5-21-16-27-22(15-26(21)29)19-32-33(27)25-8-13-30-14-9-25/h2-3,7-9,12-16,19,23,34H,4-6,10-11,17-18,20H2,1H3/t23-,28+,29-/m1/s1. The van der Waals surface area contributed by atoms with E-state index in [9.17, 15) is 5.11 Å². The highest BCUT2D eigenvalue weighted by molar-refractivity contribution is 5.82. The Morgan fingerprint density at radius 2 is 2.00 bits per heavy atom. The van der Waals surface area contributed by atoms with E-state index in [1.54, 1.807) is 7.11 Å². The van der Waals surface area contributed by atoms with Crippen LogP contribution in [-0.4, -0.2) is 44.2 Å². The molecule has 0 spiro atoms. The maximum atomic E-state index is 11.4. The van der Waals surface area contributed by atoms with Gasteiger partial charge in [0.15, 0.2) is 0 Å². The highest BCUT2D eigenvalue weighted by Crippen LogP contribution is 2.54. The van der Waals surface area contributed by atoms with Crippen LogP contribution in [0.4, 0.5) is 0 Å². The third-order valence-electron chi connectivity index (χ3n) is 8.32. The van der Waals surface area contributed by atoms with Gasteiger partial charge in [-0.25, -0.2) is 4.68 Å². The summed E-state index contributed by atoms with van der Waals surface area (Å²) in [6.07, 6.45) is 14.0. The topological polar surface area (TPSA) is 73.1 Å². The van der Waals surface area contributed by atoms with Crippen LogP contribution in [0.5, 0.6) is 0 Å². The second kappa shape index (κ2) is 8.85. The highest BCUT2D eigenvalue weighted by atomic mass is 16.5. The van der Waals surface area contributed by atoms with Crippen molar-refractivity contribution in [3.8, 4) is 5.69 Å². The van der Waals surface area contributed by atoms with Crippen LogP contribution >= 0.6 is 0 Å². The fourth-order valence-corrected chi connectivity index (χ4v) is 6.72. The number of aliphatic hydroxyl groups is 1. The zero-order valence-electron chi connectivity index (χ0n) is 20.2. The van der Waals surface area contributed by atoms with E-state index in [0.29, 0.717) is 12.5 Å². The van der Waals surface area contributed by atoms with Crippen molar-refractivity contribution in [2.45, 2.75) is 56.0 Å². The first-order chi connectivity index (χ1) is 17.1. The monoisotopic (exact) mass is 468 g/mol. The maximum Gasteiger partial charge on any atom is 0.0883 e. The lowest BCUT2D eigenvalue weighted by atomic mass is 9.56. The van der Waals surface area contributed by atoms with Gasteiger partial charge in [-0.2, -0.15) is 5.10 Å². The van der Waals surface area contributed by atoms with Gasteiger partial charge in [-0.15, -0.1) is 0 Å².